The molecule has 0 radical (unpaired) electrons. The molecule has 1 heterocycles. The van der Waals surface area contributed by atoms with E-state index in [0.29, 0.717) is 24.0 Å². The average Bonchev–Trinajstić information content (AvgIpc) is 3.14. The number of nitrogens with zero attached hydrogens (tertiary/aromatic N) is 1. The van der Waals surface area contributed by atoms with E-state index in [0.717, 1.165) is 22.7 Å². The molecule has 2 unspecified atom stereocenters. The van der Waals surface area contributed by atoms with Crippen molar-refractivity contribution in [2.75, 3.05) is 13.7 Å². The van der Waals surface area contributed by atoms with Crippen molar-refractivity contribution in [2.24, 2.45) is 11.8 Å². The summed E-state index contributed by atoms with van der Waals surface area (Å²) < 4.78 is 16.2. The van der Waals surface area contributed by atoms with Gasteiger partial charge in [0.25, 0.3) is 0 Å². The molecule has 0 aliphatic heterocycles. The van der Waals surface area contributed by atoms with Crippen LogP contribution in [0.15, 0.2) is 23.6 Å². The van der Waals surface area contributed by atoms with E-state index in [2.05, 4.69) is 11.9 Å². The molecule has 1 aromatic carbocycles. The Morgan fingerprint density at radius 1 is 1.38 bits per heavy atom. The zero-order valence-corrected chi connectivity index (χ0v) is 14.9. The van der Waals surface area contributed by atoms with Crippen molar-refractivity contribution in [3.63, 3.8) is 0 Å². The molecule has 5 nitrogen and oxygen atoms in total. The van der Waals surface area contributed by atoms with E-state index in [4.69, 9.17) is 14.2 Å². The molecule has 3 rings (SSSR count). The highest BCUT2D eigenvalue weighted by atomic mass is 32.1. The molecule has 0 saturated heterocycles. The van der Waals surface area contributed by atoms with E-state index >= 15 is 0 Å². The van der Waals surface area contributed by atoms with E-state index in [1.807, 2.05) is 30.5 Å². The van der Waals surface area contributed by atoms with Crippen LogP contribution in [0.3, 0.4) is 0 Å². The topological polar surface area (TPSA) is 57.7 Å². The molecule has 2 aromatic rings. The third kappa shape index (κ3) is 3.70. The van der Waals surface area contributed by atoms with Gasteiger partial charge in [0.2, 0.25) is 0 Å². The summed E-state index contributed by atoms with van der Waals surface area (Å²) >= 11 is 1.52. The number of rotatable bonds is 7. The molecular formula is C18H21NO4S. The predicted molar refractivity (Wildman–Crippen MR) is 92.3 cm³/mol. The summed E-state index contributed by atoms with van der Waals surface area (Å²) in [6.07, 6.45) is 0.938. The minimum absolute atomic E-state index is 0.0819. The highest BCUT2D eigenvalue weighted by Crippen LogP contribution is 2.39. The van der Waals surface area contributed by atoms with Gasteiger partial charge in [0.05, 0.1) is 25.3 Å². The van der Waals surface area contributed by atoms with Gasteiger partial charge in [-0.05, 0) is 37.5 Å². The van der Waals surface area contributed by atoms with Gasteiger partial charge in [-0.2, -0.15) is 0 Å². The number of carbonyl (C=O) groups excluding carboxylic acids is 1. The summed E-state index contributed by atoms with van der Waals surface area (Å²) in [5, 5.41) is 2.78. The zero-order valence-electron chi connectivity index (χ0n) is 14.1. The van der Waals surface area contributed by atoms with Crippen molar-refractivity contribution in [1.82, 2.24) is 4.98 Å². The fraction of sp³-hybridized carbons (Fsp3) is 0.444. The summed E-state index contributed by atoms with van der Waals surface area (Å²) in [5.74, 6) is 1.83. The fourth-order valence-electron chi connectivity index (χ4n) is 2.48. The quantitative estimate of drug-likeness (QED) is 0.711. The molecule has 0 N–H and O–H groups in total. The maximum atomic E-state index is 11.8. The number of hydrogen-bond acceptors (Lipinski definition) is 6. The van der Waals surface area contributed by atoms with E-state index in [1.54, 1.807) is 7.11 Å². The van der Waals surface area contributed by atoms with Gasteiger partial charge in [0.1, 0.15) is 11.6 Å². The van der Waals surface area contributed by atoms with Gasteiger partial charge in [0.15, 0.2) is 11.5 Å². The molecule has 1 saturated carbocycles. The van der Waals surface area contributed by atoms with Crippen molar-refractivity contribution in [1.29, 1.82) is 0 Å². The second-order valence-corrected chi connectivity index (χ2v) is 6.73. The summed E-state index contributed by atoms with van der Waals surface area (Å²) in [7, 11) is 1.62. The normalized spacial score (nSPS) is 19.0. The van der Waals surface area contributed by atoms with Crippen LogP contribution in [-0.2, 0) is 16.1 Å². The van der Waals surface area contributed by atoms with Crippen LogP contribution in [0.5, 0.6) is 11.5 Å². The Morgan fingerprint density at radius 2 is 2.17 bits per heavy atom. The average molecular weight is 347 g/mol. The second kappa shape index (κ2) is 7.21. The molecule has 0 spiro atoms. The molecule has 6 heteroatoms. The summed E-state index contributed by atoms with van der Waals surface area (Å²) in [5.41, 5.74) is 1.72. The fourth-order valence-corrected chi connectivity index (χ4v) is 3.29. The van der Waals surface area contributed by atoms with E-state index in [-0.39, 0.29) is 18.5 Å². The number of methoxy groups -OCH3 is 1. The van der Waals surface area contributed by atoms with Crippen molar-refractivity contribution in [2.45, 2.75) is 26.9 Å². The first-order valence-corrected chi connectivity index (χ1v) is 8.92. The highest BCUT2D eigenvalue weighted by molar-refractivity contribution is 7.13. The zero-order chi connectivity index (χ0) is 17.1. The van der Waals surface area contributed by atoms with Gasteiger partial charge in [-0.15, -0.1) is 11.3 Å². The Balaban J connectivity index is 1.67. The maximum absolute atomic E-state index is 11.8. The van der Waals surface area contributed by atoms with E-state index < -0.39 is 0 Å². The predicted octanol–water partition coefficient (Wildman–Crippen LogP) is 3.92. The third-order valence-corrected chi connectivity index (χ3v) is 4.98. The lowest BCUT2D eigenvalue weighted by Crippen LogP contribution is -2.07. The molecular weight excluding hydrogens is 326 g/mol. The highest BCUT2D eigenvalue weighted by Gasteiger charge is 2.40. The van der Waals surface area contributed by atoms with Gasteiger partial charge < -0.3 is 14.2 Å². The Morgan fingerprint density at radius 3 is 2.83 bits per heavy atom. The van der Waals surface area contributed by atoms with Gasteiger partial charge >= 0.3 is 5.97 Å². The van der Waals surface area contributed by atoms with Crippen LogP contribution in [0, 0.1) is 11.8 Å². The van der Waals surface area contributed by atoms with Crippen LogP contribution in [-0.4, -0.2) is 24.7 Å². The second-order valence-electron chi connectivity index (χ2n) is 5.87. The standard InChI is InChI=1S/C18H21NO4S/c1-4-22-15-6-5-12(8-16(15)21-3)17-19-13(10-24-17)9-23-18(20)14-7-11(14)2/h5-6,8,10-11,14H,4,7,9H2,1-3H3. The smallest absolute Gasteiger partial charge is 0.309 e. The lowest BCUT2D eigenvalue weighted by atomic mass is 10.2. The Hall–Kier alpha value is -2.08. The molecule has 24 heavy (non-hydrogen) atoms. The van der Waals surface area contributed by atoms with Crippen LogP contribution in [0.25, 0.3) is 10.6 Å². The summed E-state index contributed by atoms with van der Waals surface area (Å²) in [6, 6.07) is 5.74. The number of thiazole rings is 1. The lowest BCUT2D eigenvalue weighted by Gasteiger charge is -2.09. The summed E-state index contributed by atoms with van der Waals surface area (Å²) in [4.78, 5) is 16.3. The van der Waals surface area contributed by atoms with Crippen LogP contribution in [0.4, 0.5) is 0 Å². The van der Waals surface area contributed by atoms with Crippen LogP contribution < -0.4 is 9.47 Å². The molecule has 0 amide bonds. The van der Waals surface area contributed by atoms with Crippen LogP contribution in [0.2, 0.25) is 0 Å². The van der Waals surface area contributed by atoms with Crippen molar-refractivity contribution in [3.8, 4) is 22.1 Å². The SMILES string of the molecule is CCOc1ccc(-c2nc(COC(=O)C3CC3C)cs2)cc1OC. The Bertz CT molecular complexity index is 728. The molecule has 128 valence electrons. The maximum Gasteiger partial charge on any atom is 0.309 e. The first kappa shape index (κ1) is 16.8. The minimum atomic E-state index is -0.111. The molecule has 2 atom stereocenters. The van der Waals surface area contributed by atoms with Gasteiger partial charge in [-0.3, -0.25) is 4.79 Å². The molecule has 1 aromatic heterocycles. The number of carbonyl (C=O) groups is 1. The molecule has 0 bridgehead atoms. The molecule has 1 aliphatic carbocycles. The number of ether oxygens (including phenoxy) is 3. The van der Waals surface area contributed by atoms with Crippen molar-refractivity contribution < 1.29 is 19.0 Å². The number of benzene rings is 1. The Kier molecular flexibility index (Phi) is 5.04. The summed E-state index contributed by atoms with van der Waals surface area (Å²) in [6.45, 7) is 4.81. The Labute approximate surface area is 145 Å². The minimum Gasteiger partial charge on any atom is -0.493 e. The van der Waals surface area contributed by atoms with Crippen molar-refractivity contribution >= 4 is 17.3 Å². The van der Waals surface area contributed by atoms with Gasteiger partial charge in [0, 0.05) is 10.9 Å². The number of hydrogen-bond donors (Lipinski definition) is 0. The van der Waals surface area contributed by atoms with Crippen LogP contribution >= 0.6 is 11.3 Å². The molecule has 1 fully saturated rings. The van der Waals surface area contributed by atoms with E-state index in [1.165, 1.54) is 11.3 Å². The van der Waals surface area contributed by atoms with Gasteiger partial charge in [-0.25, -0.2) is 4.98 Å². The number of esters is 1. The number of aromatic nitrogens is 1. The first-order chi connectivity index (χ1) is 11.6. The first-order valence-electron chi connectivity index (χ1n) is 8.04. The monoisotopic (exact) mass is 347 g/mol. The van der Waals surface area contributed by atoms with E-state index in [9.17, 15) is 4.79 Å². The van der Waals surface area contributed by atoms with Crippen molar-refractivity contribution in [3.05, 3.63) is 29.3 Å². The lowest BCUT2D eigenvalue weighted by molar-refractivity contribution is -0.146. The van der Waals surface area contributed by atoms with Gasteiger partial charge in [-0.1, -0.05) is 6.92 Å². The molecule has 1 aliphatic rings. The third-order valence-electron chi connectivity index (χ3n) is 4.04. The largest absolute Gasteiger partial charge is 0.493 e. The van der Waals surface area contributed by atoms with Crippen LogP contribution in [0.1, 0.15) is 26.0 Å².